The standard InChI is InChI=1S/C20H30N4OS/c1-20(2)7-5-13(9-20)18(25)23-8-6-16-17(12-23)26-19(22-16)24-14-3-4-15(24)11-21-10-14/h13-15,21H,3-12H2,1-2H3. The van der Waals surface area contributed by atoms with E-state index in [1.165, 1.54) is 35.0 Å². The summed E-state index contributed by atoms with van der Waals surface area (Å²) in [7, 11) is 0. The Labute approximate surface area is 160 Å². The van der Waals surface area contributed by atoms with E-state index in [1.54, 1.807) is 0 Å². The largest absolute Gasteiger partial charge is 0.340 e. The summed E-state index contributed by atoms with van der Waals surface area (Å²) >= 11 is 1.85. The molecule has 3 fully saturated rings. The first kappa shape index (κ1) is 17.0. The number of amides is 1. The quantitative estimate of drug-likeness (QED) is 0.865. The van der Waals surface area contributed by atoms with E-state index in [4.69, 9.17) is 4.98 Å². The zero-order valence-corrected chi connectivity index (χ0v) is 16.8. The van der Waals surface area contributed by atoms with E-state index in [1.807, 2.05) is 11.3 Å². The van der Waals surface area contributed by atoms with Crippen molar-refractivity contribution in [1.82, 2.24) is 15.2 Å². The molecule has 5 rings (SSSR count). The third kappa shape index (κ3) is 2.85. The minimum absolute atomic E-state index is 0.239. The van der Waals surface area contributed by atoms with Crippen molar-refractivity contribution in [3.8, 4) is 0 Å². The maximum absolute atomic E-state index is 13.0. The third-order valence-electron chi connectivity index (χ3n) is 6.95. The molecule has 0 spiro atoms. The van der Waals surface area contributed by atoms with Gasteiger partial charge in [-0.15, -0.1) is 0 Å². The lowest BCUT2D eigenvalue weighted by Crippen LogP contribution is -2.51. The molecule has 3 aliphatic heterocycles. The van der Waals surface area contributed by atoms with Crippen LogP contribution in [0.1, 0.15) is 56.5 Å². The fraction of sp³-hybridized carbons (Fsp3) is 0.800. The first-order chi connectivity index (χ1) is 12.5. The predicted octanol–water partition coefficient (Wildman–Crippen LogP) is 2.79. The molecule has 1 aliphatic carbocycles. The second-order valence-electron chi connectivity index (χ2n) is 9.43. The predicted molar refractivity (Wildman–Crippen MR) is 105 cm³/mol. The summed E-state index contributed by atoms with van der Waals surface area (Å²) in [5.41, 5.74) is 1.58. The van der Waals surface area contributed by atoms with Crippen molar-refractivity contribution in [1.29, 1.82) is 0 Å². The van der Waals surface area contributed by atoms with Crippen LogP contribution in [0.15, 0.2) is 0 Å². The molecule has 1 aromatic rings. The zero-order valence-electron chi connectivity index (χ0n) is 16.0. The number of piperazine rings is 1. The topological polar surface area (TPSA) is 48.5 Å². The van der Waals surface area contributed by atoms with Crippen molar-refractivity contribution < 1.29 is 4.79 Å². The maximum atomic E-state index is 13.0. The Bertz CT molecular complexity index is 699. The van der Waals surface area contributed by atoms with Crippen LogP contribution in [0.5, 0.6) is 0 Å². The lowest BCUT2D eigenvalue weighted by atomic mass is 9.90. The van der Waals surface area contributed by atoms with E-state index in [2.05, 4.69) is 29.0 Å². The van der Waals surface area contributed by atoms with Crippen LogP contribution in [0.2, 0.25) is 0 Å². The Morgan fingerprint density at radius 1 is 1.23 bits per heavy atom. The molecule has 1 amide bonds. The van der Waals surface area contributed by atoms with Crippen molar-refractivity contribution in [3.63, 3.8) is 0 Å². The summed E-state index contributed by atoms with van der Waals surface area (Å²) in [6.45, 7) is 8.40. The number of aromatic nitrogens is 1. The summed E-state index contributed by atoms with van der Waals surface area (Å²) in [5, 5.41) is 4.76. The lowest BCUT2D eigenvalue weighted by Gasteiger charge is -2.35. The SMILES string of the molecule is CC1(C)CCC(C(=O)N2CCc3nc(N4C5CCC4CNC5)sc3C2)C1. The van der Waals surface area contributed by atoms with Crippen LogP contribution >= 0.6 is 11.3 Å². The number of nitrogens with one attached hydrogen (secondary N) is 1. The zero-order chi connectivity index (χ0) is 17.9. The Hall–Kier alpha value is -1.14. The van der Waals surface area contributed by atoms with Gasteiger partial charge in [-0.3, -0.25) is 4.79 Å². The van der Waals surface area contributed by atoms with Crippen LogP contribution in [0, 0.1) is 11.3 Å². The van der Waals surface area contributed by atoms with Crippen LogP contribution in [-0.2, 0) is 17.8 Å². The first-order valence-corrected chi connectivity index (χ1v) is 11.1. The van der Waals surface area contributed by atoms with Crippen molar-refractivity contribution in [2.24, 2.45) is 11.3 Å². The highest BCUT2D eigenvalue weighted by Crippen LogP contribution is 2.43. The van der Waals surface area contributed by atoms with Crippen LogP contribution in [-0.4, -0.2) is 47.5 Å². The summed E-state index contributed by atoms with van der Waals surface area (Å²) in [6, 6.07) is 1.22. The average molecular weight is 375 g/mol. The number of hydrogen-bond donors (Lipinski definition) is 1. The number of anilines is 1. The second-order valence-corrected chi connectivity index (χ2v) is 10.5. The van der Waals surface area contributed by atoms with E-state index >= 15 is 0 Å². The van der Waals surface area contributed by atoms with Crippen molar-refractivity contribution >= 4 is 22.4 Å². The highest BCUT2D eigenvalue weighted by Gasteiger charge is 2.40. The number of fused-ring (bicyclic) bond motifs is 3. The summed E-state index contributed by atoms with van der Waals surface area (Å²) in [4.78, 5) is 24.0. The minimum atomic E-state index is 0.239. The molecule has 4 heterocycles. The summed E-state index contributed by atoms with van der Waals surface area (Å²) < 4.78 is 0. The number of carbonyl (C=O) groups excluding carboxylic acids is 1. The smallest absolute Gasteiger partial charge is 0.226 e. The molecular formula is C20H30N4OS. The van der Waals surface area contributed by atoms with Crippen LogP contribution in [0.4, 0.5) is 5.13 Å². The van der Waals surface area contributed by atoms with Gasteiger partial charge in [0.25, 0.3) is 0 Å². The Morgan fingerprint density at radius 2 is 2.00 bits per heavy atom. The molecule has 0 aromatic carbocycles. The highest BCUT2D eigenvalue weighted by atomic mass is 32.1. The van der Waals surface area contributed by atoms with Crippen molar-refractivity contribution in [2.45, 2.75) is 71.0 Å². The normalized spacial score (nSPS) is 32.8. The Kier molecular flexibility index (Phi) is 4.05. The molecule has 142 valence electrons. The Balaban J connectivity index is 1.31. The molecule has 1 N–H and O–H groups in total. The van der Waals surface area contributed by atoms with Gasteiger partial charge in [0.2, 0.25) is 5.91 Å². The van der Waals surface area contributed by atoms with E-state index in [0.717, 1.165) is 45.4 Å². The van der Waals surface area contributed by atoms with Crippen LogP contribution in [0.25, 0.3) is 0 Å². The summed E-state index contributed by atoms with van der Waals surface area (Å²) in [6.07, 6.45) is 6.78. The molecule has 1 saturated carbocycles. The van der Waals surface area contributed by atoms with Gasteiger partial charge in [-0.25, -0.2) is 4.98 Å². The molecule has 2 bridgehead atoms. The van der Waals surface area contributed by atoms with Gasteiger partial charge in [-0.1, -0.05) is 25.2 Å². The van der Waals surface area contributed by atoms with E-state index in [0.29, 0.717) is 23.4 Å². The molecule has 1 aromatic heterocycles. The van der Waals surface area contributed by atoms with Gasteiger partial charge in [0.1, 0.15) is 0 Å². The molecule has 6 heteroatoms. The van der Waals surface area contributed by atoms with Crippen molar-refractivity contribution in [3.05, 3.63) is 10.6 Å². The fourth-order valence-electron chi connectivity index (χ4n) is 5.48. The minimum Gasteiger partial charge on any atom is -0.340 e. The van der Waals surface area contributed by atoms with Gasteiger partial charge in [-0.2, -0.15) is 0 Å². The van der Waals surface area contributed by atoms with Gasteiger partial charge >= 0.3 is 0 Å². The molecular weight excluding hydrogens is 344 g/mol. The first-order valence-electron chi connectivity index (χ1n) is 10.3. The Morgan fingerprint density at radius 3 is 2.69 bits per heavy atom. The average Bonchev–Trinajstić information content (AvgIpc) is 3.26. The lowest BCUT2D eigenvalue weighted by molar-refractivity contribution is -0.136. The fourth-order valence-corrected chi connectivity index (χ4v) is 6.74. The van der Waals surface area contributed by atoms with E-state index < -0.39 is 0 Å². The number of nitrogens with zero attached hydrogens (tertiary/aromatic N) is 3. The third-order valence-corrected chi connectivity index (χ3v) is 8.05. The molecule has 3 atom stereocenters. The molecule has 2 saturated heterocycles. The number of hydrogen-bond acceptors (Lipinski definition) is 5. The summed E-state index contributed by atoms with van der Waals surface area (Å²) in [5.74, 6) is 0.626. The van der Waals surface area contributed by atoms with Crippen molar-refractivity contribution in [2.75, 3.05) is 24.5 Å². The molecule has 5 nitrogen and oxygen atoms in total. The molecule has 0 radical (unpaired) electrons. The number of thiazole rings is 1. The number of carbonyl (C=O) groups is 1. The second kappa shape index (κ2) is 6.20. The molecule has 26 heavy (non-hydrogen) atoms. The van der Waals surface area contributed by atoms with Crippen LogP contribution < -0.4 is 10.2 Å². The van der Waals surface area contributed by atoms with E-state index in [9.17, 15) is 4.79 Å². The van der Waals surface area contributed by atoms with Crippen LogP contribution in [0.3, 0.4) is 0 Å². The maximum Gasteiger partial charge on any atom is 0.226 e. The van der Waals surface area contributed by atoms with E-state index in [-0.39, 0.29) is 5.92 Å². The monoisotopic (exact) mass is 374 g/mol. The number of rotatable bonds is 2. The highest BCUT2D eigenvalue weighted by molar-refractivity contribution is 7.15. The molecule has 3 unspecified atom stereocenters. The van der Waals surface area contributed by atoms with Gasteiger partial charge in [0.05, 0.1) is 12.2 Å². The van der Waals surface area contributed by atoms with Gasteiger partial charge in [-0.05, 0) is 37.5 Å². The van der Waals surface area contributed by atoms with Gasteiger partial charge < -0.3 is 15.1 Å². The molecule has 4 aliphatic rings. The van der Waals surface area contributed by atoms with Gasteiger partial charge in [0.15, 0.2) is 5.13 Å². The van der Waals surface area contributed by atoms with Gasteiger partial charge in [0, 0.05) is 48.9 Å².